The van der Waals surface area contributed by atoms with Gasteiger partial charge >= 0.3 is 39.5 Å². The molecule has 8 atom stereocenters. The lowest BCUT2D eigenvalue weighted by Crippen LogP contribution is -2.30. The van der Waals surface area contributed by atoms with Crippen LogP contribution in [0.25, 0.3) is 0 Å². The van der Waals surface area contributed by atoms with Crippen LogP contribution in [0.5, 0.6) is 0 Å². The second-order valence-corrected chi connectivity index (χ2v) is 31.5. The molecule has 564 valence electrons. The number of phosphoric ester groups is 2. The zero-order chi connectivity index (χ0) is 70.3. The van der Waals surface area contributed by atoms with E-state index in [4.69, 9.17) is 37.0 Å². The Morgan fingerprint density at radius 1 is 0.295 bits per heavy atom. The summed E-state index contributed by atoms with van der Waals surface area (Å²) >= 11 is 0. The number of aliphatic hydroxyl groups excluding tert-OH is 1. The second-order valence-electron chi connectivity index (χ2n) is 28.6. The lowest BCUT2D eigenvalue weighted by Gasteiger charge is -2.21. The number of phosphoric acid groups is 2. The smallest absolute Gasteiger partial charge is 0.462 e. The molecule has 6 unspecified atom stereocenters. The Kier molecular flexibility index (Phi) is 64.0. The van der Waals surface area contributed by atoms with Crippen molar-refractivity contribution >= 4 is 39.5 Å². The molecule has 95 heavy (non-hydrogen) atoms. The third-order valence-electron chi connectivity index (χ3n) is 18.7. The fourth-order valence-electron chi connectivity index (χ4n) is 11.5. The summed E-state index contributed by atoms with van der Waals surface area (Å²) < 4.78 is 68.5. The zero-order valence-corrected chi connectivity index (χ0v) is 64.1. The lowest BCUT2D eigenvalue weighted by molar-refractivity contribution is -0.161. The average Bonchev–Trinajstić information content (AvgIpc) is 1.30. The Labute approximate surface area is 581 Å². The third kappa shape index (κ3) is 66.4. The number of rotatable bonds is 73. The van der Waals surface area contributed by atoms with Crippen molar-refractivity contribution in [2.24, 2.45) is 23.7 Å². The molecule has 0 aliphatic carbocycles. The van der Waals surface area contributed by atoms with Crippen molar-refractivity contribution in [3.8, 4) is 0 Å². The number of unbranched alkanes of at least 4 members (excludes halogenated alkanes) is 36. The van der Waals surface area contributed by atoms with Gasteiger partial charge in [-0.15, -0.1) is 0 Å². The molecule has 0 bridgehead atoms. The van der Waals surface area contributed by atoms with E-state index in [2.05, 4.69) is 55.4 Å². The van der Waals surface area contributed by atoms with Crippen LogP contribution in [0.2, 0.25) is 0 Å². The van der Waals surface area contributed by atoms with Crippen molar-refractivity contribution in [3.05, 3.63) is 0 Å². The standard InChI is InChI=1S/C76H148O17P2/c1-9-67(6)53-45-37-29-20-16-14-12-13-15-17-23-34-42-50-58-75(80)92-71(62-86-73(78)56-48-40-32-22-19-18-21-30-38-46-54-68(7)10-2)64-90-94(82,83)88-60-70(77)61-89-95(84,85)91-65-72(63-87-74(79)57-49-41-33-26-24-28-36-44-52-66(4)5)93-76(81)59-51-43-35-27-25-31-39-47-55-69(8)11-3/h66-72,77H,9-65H2,1-8H3,(H,82,83)(H,84,85)/t67?,68?,69?,70?,71-,72-/m1/s1. The van der Waals surface area contributed by atoms with Gasteiger partial charge in [-0.2, -0.15) is 0 Å². The van der Waals surface area contributed by atoms with Crippen molar-refractivity contribution in [1.29, 1.82) is 0 Å². The van der Waals surface area contributed by atoms with Gasteiger partial charge in [-0.3, -0.25) is 37.3 Å². The van der Waals surface area contributed by atoms with Gasteiger partial charge in [-0.1, -0.05) is 331 Å². The molecule has 17 nitrogen and oxygen atoms in total. The van der Waals surface area contributed by atoms with E-state index in [1.807, 2.05) is 0 Å². The number of aliphatic hydroxyl groups is 1. The molecule has 0 saturated carbocycles. The van der Waals surface area contributed by atoms with Gasteiger partial charge in [-0.25, -0.2) is 9.13 Å². The van der Waals surface area contributed by atoms with Crippen LogP contribution in [0.15, 0.2) is 0 Å². The topological polar surface area (TPSA) is 237 Å². The van der Waals surface area contributed by atoms with E-state index < -0.39 is 97.5 Å². The number of hydrogen-bond donors (Lipinski definition) is 3. The van der Waals surface area contributed by atoms with E-state index in [1.54, 1.807) is 0 Å². The highest BCUT2D eigenvalue weighted by atomic mass is 31.2. The summed E-state index contributed by atoms with van der Waals surface area (Å²) in [4.78, 5) is 72.8. The van der Waals surface area contributed by atoms with Crippen LogP contribution in [0.3, 0.4) is 0 Å². The minimum Gasteiger partial charge on any atom is -0.462 e. The monoisotopic (exact) mass is 1400 g/mol. The van der Waals surface area contributed by atoms with Crippen molar-refractivity contribution in [2.75, 3.05) is 39.6 Å². The molecule has 0 radical (unpaired) electrons. The summed E-state index contributed by atoms with van der Waals surface area (Å²) in [6.07, 6.45) is 49.8. The predicted molar refractivity (Wildman–Crippen MR) is 386 cm³/mol. The Hall–Kier alpha value is -1.94. The molecule has 0 aromatic heterocycles. The van der Waals surface area contributed by atoms with E-state index in [0.717, 1.165) is 114 Å². The maximum Gasteiger partial charge on any atom is 0.472 e. The van der Waals surface area contributed by atoms with Gasteiger partial charge in [-0.05, 0) is 49.4 Å². The summed E-state index contributed by atoms with van der Waals surface area (Å²) in [5.74, 6) is 1.03. The Morgan fingerprint density at radius 3 is 0.747 bits per heavy atom. The minimum atomic E-state index is -4.96. The molecule has 0 fully saturated rings. The van der Waals surface area contributed by atoms with Crippen molar-refractivity contribution in [1.82, 2.24) is 0 Å². The summed E-state index contributed by atoms with van der Waals surface area (Å²) in [6.45, 7) is 14.2. The Bertz CT molecular complexity index is 1870. The van der Waals surface area contributed by atoms with Gasteiger partial charge in [0.25, 0.3) is 0 Å². The van der Waals surface area contributed by atoms with Gasteiger partial charge in [0.1, 0.15) is 19.3 Å². The fraction of sp³-hybridized carbons (Fsp3) is 0.947. The Morgan fingerprint density at radius 2 is 0.505 bits per heavy atom. The highest BCUT2D eigenvalue weighted by Crippen LogP contribution is 2.45. The molecule has 0 rings (SSSR count). The van der Waals surface area contributed by atoms with Crippen LogP contribution in [-0.2, 0) is 65.4 Å². The minimum absolute atomic E-state index is 0.104. The zero-order valence-electron chi connectivity index (χ0n) is 62.3. The van der Waals surface area contributed by atoms with Crippen molar-refractivity contribution in [2.45, 2.75) is 401 Å². The first-order chi connectivity index (χ1) is 45.7. The fourth-order valence-corrected chi connectivity index (χ4v) is 13.0. The van der Waals surface area contributed by atoms with Crippen LogP contribution < -0.4 is 0 Å². The maximum absolute atomic E-state index is 13.1. The summed E-state index contributed by atoms with van der Waals surface area (Å²) in [5.41, 5.74) is 0. The molecule has 0 saturated heterocycles. The summed E-state index contributed by atoms with van der Waals surface area (Å²) in [6, 6.07) is 0. The molecule has 0 aromatic carbocycles. The number of carbonyl (C=O) groups excluding carboxylic acids is 4. The molecule has 0 aliphatic heterocycles. The van der Waals surface area contributed by atoms with Crippen LogP contribution in [0, 0.1) is 23.7 Å². The quantitative estimate of drug-likeness (QED) is 0.0222. The predicted octanol–water partition coefficient (Wildman–Crippen LogP) is 22.0. The maximum atomic E-state index is 13.1. The molecular formula is C76H148O17P2. The highest BCUT2D eigenvalue weighted by Gasteiger charge is 2.30. The molecule has 0 aromatic rings. The molecule has 0 amide bonds. The number of ether oxygens (including phenoxy) is 4. The second kappa shape index (κ2) is 65.4. The SMILES string of the molecule is CCC(C)CCCCCCCCCCCCCCCCC(=O)O[C@H](COC(=O)CCCCCCCCCCCCC(C)CC)COP(=O)(O)OCC(O)COP(=O)(O)OC[C@@H](COC(=O)CCCCCCCCCCC(C)C)OC(=O)CCCCCCCCCCC(C)CC. The van der Waals surface area contributed by atoms with E-state index in [-0.39, 0.29) is 25.7 Å². The van der Waals surface area contributed by atoms with Gasteiger partial charge in [0, 0.05) is 25.7 Å². The molecular weight excluding hydrogens is 1250 g/mol. The van der Waals surface area contributed by atoms with Gasteiger partial charge < -0.3 is 33.8 Å². The van der Waals surface area contributed by atoms with Gasteiger partial charge in [0.2, 0.25) is 0 Å². The normalized spacial score (nSPS) is 15.0. The van der Waals surface area contributed by atoms with E-state index in [1.165, 1.54) is 186 Å². The first kappa shape index (κ1) is 93.1. The van der Waals surface area contributed by atoms with E-state index in [9.17, 15) is 43.2 Å². The average molecular weight is 1400 g/mol. The van der Waals surface area contributed by atoms with Crippen molar-refractivity contribution in [3.63, 3.8) is 0 Å². The highest BCUT2D eigenvalue weighted by molar-refractivity contribution is 7.47. The largest absolute Gasteiger partial charge is 0.472 e. The molecule has 19 heteroatoms. The van der Waals surface area contributed by atoms with Gasteiger partial charge in [0.15, 0.2) is 12.2 Å². The molecule has 0 heterocycles. The molecule has 0 spiro atoms. The van der Waals surface area contributed by atoms with Crippen LogP contribution in [-0.4, -0.2) is 96.7 Å². The van der Waals surface area contributed by atoms with Gasteiger partial charge in [0.05, 0.1) is 26.4 Å². The number of hydrogen-bond acceptors (Lipinski definition) is 15. The van der Waals surface area contributed by atoms with E-state index >= 15 is 0 Å². The molecule has 0 aliphatic rings. The van der Waals surface area contributed by atoms with E-state index in [0.29, 0.717) is 25.7 Å². The Balaban J connectivity index is 5.27. The van der Waals surface area contributed by atoms with Crippen LogP contribution >= 0.6 is 15.6 Å². The number of esters is 4. The first-order valence-electron chi connectivity index (χ1n) is 39.3. The summed E-state index contributed by atoms with van der Waals surface area (Å²) in [7, 11) is -9.91. The van der Waals surface area contributed by atoms with Crippen LogP contribution in [0.4, 0.5) is 0 Å². The molecule has 3 N–H and O–H groups in total. The lowest BCUT2D eigenvalue weighted by atomic mass is 9.99. The number of carbonyl (C=O) groups is 4. The third-order valence-corrected chi connectivity index (χ3v) is 20.6. The summed E-state index contributed by atoms with van der Waals surface area (Å²) in [5, 5.41) is 10.6. The first-order valence-corrected chi connectivity index (χ1v) is 42.3. The van der Waals surface area contributed by atoms with Crippen LogP contribution in [0.1, 0.15) is 383 Å². The van der Waals surface area contributed by atoms with Crippen molar-refractivity contribution < 1.29 is 80.2 Å².